The molecule has 0 saturated carbocycles. The van der Waals surface area contributed by atoms with Crippen molar-refractivity contribution in [2.75, 3.05) is 24.3 Å². The predicted octanol–water partition coefficient (Wildman–Crippen LogP) is 5.43. The molecule has 4 aromatic rings. The first-order valence-corrected chi connectivity index (χ1v) is 11.6. The minimum atomic E-state index is -0.392. The summed E-state index contributed by atoms with van der Waals surface area (Å²) in [4.78, 5) is 14.9. The monoisotopic (exact) mass is 481 g/mol. The van der Waals surface area contributed by atoms with Crippen LogP contribution in [-0.4, -0.2) is 40.0 Å². The fraction of sp³-hybridized carbons (Fsp3) is 0.208. The lowest BCUT2D eigenvalue weighted by molar-refractivity contribution is -0.115. The normalized spacial score (nSPS) is 11.9. The smallest absolute Gasteiger partial charge is 0.237 e. The first-order chi connectivity index (χ1) is 15.9. The SMILES string of the molecule is CC(Sc1nnc(-c2ccc(Cl)cc2)n1Cc1ccco1)C(=O)Nc1ccc(N(C)C)cc1. The molecule has 1 amide bonds. The third-order valence-corrected chi connectivity index (χ3v) is 6.35. The van der Waals surface area contributed by atoms with Crippen LogP contribution in [0, 0.1) is 0 Å². The number of halogens is 1. The summed E-state index contributed by atoms with van der Waals surface area (Å²) in [6.45, 7) is 2.29. The largest absolute Gasteiger partial charge is 0.467 e. The second kappa shape index (κ2) is 10.1. The average Bonchev–Trinajstić information content (AvgIpc) is 3.45. The summed E-state index contributed by atoms with van der Waals surface area (Å²) in [5.74, 6) is 1.33. The van der Waals surface area contributed by atoms with Crippen LogP contribution in [0.2, 0.25) is 5.02 Å². The van der Waals surface area contributed by atoms with E-state index in [0.717, 1.165) is 22.7 Å². The molecule has 0 spiro atoms. The molecule has 0 bridgehead atoms. The molecule has 0 fully saturated rings. The minimum absolute atomic E-state index is 0.113. The Balaban J connectivity index is 1.53. The molecule has 7 nitrogen and oxygen atoms in total. The molecule has 0 aliphatic carbocycles. The molecule has 33 heavy (non-hydrogen) atoms. The van der Waals surface area contributed by atoms with Gasteiger partial charge in [0.1, 0.15) is 5.76 Å². The number of nitrogens with zero attached hydrogens (tertiary/aromatic N) is 4. The molecule has 0 aliphatic rings. The van der Waals surface area contributed by atoms with Gasteiger partial charge in [-0.1, -0.05) is 23.4 Å². The maximum Gasteiger partial charge on any atom is 0.237 e. The van der Waals surface area contributed by atoms with Crippen LogP contribution in [0.4, 0.5) is 11.4 Å². The molecule has 170 valence electrons. The van der Waals surface area contributed by atoms with E-state index in [0.29, 0.717) is 22.5 Å². The summed E-state index contributed by atoms with van der Waals surface area (Å²) in [6.07, 6.45) is 1.63. The molecular weight excluding hydrogens is 458 g/mol. The molecular formula is C24H24ClN5O2S. The lowest BCUT2D eigenvalue weighted by Gasteiger charge is -2.15. The van der Waals surface area contributed by atoms with Crippen molar-refractivity contribution in [1.29, 1.82) is 0 Å². The number of carbonyl (C=O) groups is 1. The number of carbonyl (C=O) groups excluding carboxylic acids is 1. The Morgan fingerprint density at radius 3 is 2.48 bits per heavy atom. The Hall–Kier alpha value is -3.23. The highest BCUT2D eigenvalue weighted by Crippen LogP contribution is 2.29. The third kappa shape index (κ3) is 5.58. The second-order valence-corrected chi connectivity index (χ2v) is 9.41. The van der Waals surface area contributed by atoms with Crippen LogP contribution in [-0.2, 0) is 11.3 Å². The predicted molar refractivity (Wildman–Crippen MR) is 133 cm³/mol. The Morgan fingerprint density at radius 1 is 1.12 bits per heavy atom. The topological polar surface area (TPSA) is 76.2 Å². The van der Waals surface area contributed by atoms with Crippen molar-refractivity contribution in [2.45, 2.75) is 23.9 Å². The number of furan rings is 1. The van der Waals surface area contributed by atoms with Crippen molar-refractivity contribution in [3.63, 3.8) is 0 Å². The first-order valence-electron chi connectivity index (χ1n) is 10.4. The quantitative estimate of drug-likeness (QED) is 0.338. The summed E-state index contributed by atoms with van der Waals surface area (Å²) in [6, 6.07) is 18.9. The maximum absolute atomic E-state index is 12.8. The van der Waals surface area contributed by atoms with E-state index in [1.807, 2.05) is 91.1 Å². The van der Waals surface area contributed by atoms with Gasteiger partial charge in [-0.15, -0.1) is 10.2 Å². The van der Waals surface area contributed by atoms with E-state index in [2.05, 4.69) is 15.5 Å². The number of thioether (sulfide) groups is 1. The van der Waals surface area contributed by atoms with E-state index in [9.17, 15) is 4.79 Å². The van der Waals surface area contributed by atoms with Crippen molar-refractivity contribution in [1.82, 2.24) is 14.8 Å². The molecule has 2 aromatic carbocycles. The Labute approximate surface area is 201 Å². The highest BCUT2D eigenvalue weighted by molar-refractivity contribution is 8.00. The number of hydrogen-bond donors (Lipinski definition) is 1. The summed E-state index contributed by atoms with van der Waals surface area (Å²) in [5.41, 5.74) is 2.69. The van der Waals surface area contributed by atoms with Gasteiger partial charge in [-0.05, 0) is 67.6 Å². The number of amides is 1. The highest BCUT2D eigenvalue weighted by Gasteiger charge is 2.22. The van der Waals surface area contributed by atoms with Gasteiger partial charge in [-0.2, -0.15) is 0 Å². The van der Waals surface area contributed by atoms with Gasteiger partial charge in [-0.25, -0.2) is 0 Å². The van der Waals surface area contributed by atoms with Gasteiger partial charge in [0.2, 0.25) is 5.91 Å². The van der Waals surface area contributed by atoms with Crippen molar-refractivity contribution < 1.29 is 9.21 Å². The zero-order valence-corrected chi connectivity index (χ0v) is 20.1. The summed E-state index contributed by atoms with van der Waals surface area (Å²) >= 11 is 7.39. The van der Waals surface area contributed by atoms with E-state index in [1.165, 1.54) is 11.8 Å². The zero-order chi connectivity index (χ0) is 23.4. The molecule has 0 radical (unpaired) electrons. The van der Waals surface area contributed by atoms with Gasteiger partial charge in [0.25, 0.3) is 0 Å². The second-order valence-electron chi connectivity index (χ2n) is 7.67. The lowest BCUT2D eigenvalue weighted by Crippen LogP contribution is -2.23. The van der Waals surface area contributed by atoms with Gasteiger partial charge in [0.15, 0.2) is 11.0 Å². The van der Waals surface area contributed by atoms with E-state index < -0.39 is 5.25 Å². The summed E-state index contributed by atoms with van der Waals surface area (Å²) < 4.78 is 7.49. The number of rotatable bonds is 8. The zero-order valence-electron chi connectivity index (χ0n) is 18.5. The standard InChI is InChI=1S/C24H24ClN5O2S/c1-16(23(31)26-19-10-12-20(13-11-19)29(2)3)33-24-28-27-22(17-6-8-18(25)9-7-17)30(24)15-21-5-4-14-32-21/h4-14,16H,15H2,1-3H3,(H,26,31). The molecule has 2 heterocycles. The molecule has 4 rings (SSSR count). The van der Waals surface area contributed by atoms with Crippen LogP contribution in [0.25, 0.3) is 11.4 Å². The van der Waals surface area contributed by atoms with Gasteiger partial charge in [0.05, 0.1) is 18.1 Å². The Bertz CT molecular complexity index is 1200. The average molecular weight is 482 g/mol. The molecule has 2 aromatic heterocycles. The number of anilines is 2. The van der Waals surface area contributed by atoms with E-state index in [4.69, 9.17) is 16.0 Å². The Kier molecular flexibility index (Phi) is 7.05. The fourth-order valence-electron chi connectivity index (χ4n) is 3.19. The van der Waals surface area contributed by atoms with Gasteiger partial charge in [0, 0.05) is 36.1 Å². The first kappa shape index (κ1) is 22.9. The fourth-order valence-corrected chi connectivity index (χ4v) is 4.16. The van der Waals surface area contributed by atoms with Gasteiger partial charge < -0.3 is 14.6 Å². The molecule has 0 aliphatic heterocycles. The van der Waals surface area contributed by atoms with Crippen molar-refractivity contribution in [3.05, 3.63) is 77.7 Å². The van der Waals surface area contributed by atoms with Crippen LogP contribution in [0.1, 0.15) is 12.7 Å². The summed E-state index contributed by atoms with van der Waals surface area (Å²) in [7, 11) is 3.95. The van der Waals surface area contributed by atoms with Gasteiger partial charge in [-0.3, -0.25) is 9.36 Å². The molecule has 1 atom stereocenters. The van der Waals surface area contributed by atoms with E-state index >= 15 is 0 Å². The molecule has 0 saturated heterocycles. The van der Waals surface area contributed by atoms with E-state index in [1.54, 1.807) is 6.26 Å². The molecule has 1 N–H and O–H groups in total. The van der Waals surface area contributed by atoms with Crippen molar-refractivity contribution in [3.8, 4) is 11.4 Å². The van der Waals surface area contributed by atoms with Crippen molar-refractivity contribution in [2.24, 2.45) is 0 Å². The molecule has 1 unspecified atom stereocenters. The van der Waals surface area contributed by atoms with Gasteiger partial charge >= 0.3 is 0 Å². The van der Waals surface area contributed by atoms with E-state index in [-0.39, 0.29) is 5.91 Å². The summed E-state index contributed by atoms with van der Waals surface area (Å²) in [5, 5.41) is 12.6. The van der Waals surface area contributed by atoms with Crippen molar-refractivity contribution >= 4 is 40.6 Å². The van der Waals surface area contributed by atoms with Crippen LogP contribution >= 0.6 is 23.4 Å². The number of benzene rings is 2. The van der Waals surface area contributed by atoms with Crippen LogP contribution in [0.5, 0.6) is 0 Å². The highest BCUT2D eigenvalue weighted by atomic mass is 35.5. The number of nitrogens with one attached hydrogen (secondary N) is 1. The molecule has 9 heteroatoms. The van der Waals surface area contributed by atoms with Crippen LogP contribution in [0.3, 0.4) is 0 Å². The van der Waals surface area contributed by atoms with Crippen LogP contribution in [0.15, 0.2) is 76.5 Å². The lowest BCUT2D eigenvalue weighted by atomic mass is 10.2. The van der Waals surface area contributed by atoms with Crippen LogP contribution < -0.4 is 10.2 Å². The third-order valence-electron chi connectivity index (χ3n) is 5.02. The number of hydrogen-bond acceptors (Lipinski definition) is 6. The minimum Gasteiger partial charge on any atom is -0.467 e. The Morgan fingerprint density at radius 2 is 1.85 bits per heavy atom. The number of aromatic nitrogens is 3. The maximum atomic E-state index is 12.8.